The number of carboxylic acid groups (broad SMARTS) is 1. The summed E-state index contributed by atoms with van der Waals surface area (Å²) in [6, 6.07) is 0. The molecule has 0 amide bonds. The van der Waals surface area contributed by atoms with Gasteiger partial charge in [0.2, 0.25) is 0 Å². The molecule has 1 fully saturated rings. The van der Waals surface area contributed by atoms with Crippen molar-refractivity contribution in [3.63, 3.8) is 0 Å². The first kappa shape index (κ1) is 18.3. The van der Waals surface area contributed by atoms with Gasteiger partial charge in [0.1, 0.15) is 0 Å². The molecule has 0 bridgehead atoms. The van der Waals surface area contributed by atoms with E-state index in [1.165, 1.54) is 0 Å². The van der Waals surface area contributed by atoms with E-state index in [0.717, 1.165) is 6.08 Å². The van der Waals surface area contributed by atoms with E-state index in [1.54, 1.807) is 13.8 Å². The summed E-state index contributed by atoms with van der Waals surface area (Å²) in [5.74, 6) is -4.55. The molecule has 1 rings (SSSR count). The average Bonchev–Trinajstić information content (AvgIpc) is 2.82. The molecule has 1 saturated carbocycles. The van der Waals surface area contributed by atoms with E-state index in [2.05, 4.69) is 4.74 Å². The maximum atomic E-state index is 12.2. The Labute approximate surface area is 120 Å². The molecule has 0 aliphatic heterocycles. The van der Waals surface area contributed by atoms with E-state index in [4.69, 9.17) is 5.11 Å². The number of halogens is 6. The van der Waals surface area contributed by atoms with Gasteiger partial charge in [0.05, 0.1) is 5.92 Å². The van der Waals surface area contributed by atoms with Crippen LogP contribution in [0.4, 0.5) is 26.3 Å². The Bertz CT molecular complexity index is 477. The first-order valence-electron chi connectivity index (χ1n) is 5.94. The number of esters is 1. The Morgan fingerprint density at radius 1 is 1.14 bits per heavy atom. The second kappa shape index (κ2) is 5.47. The predicted octanol–water partition coefficient (Wildman–Crippen LogP) is 2.94. The van der Waals surface area contributed by atoms with Crippen molar-refractivity contribution in [1.29, 1.82) is 0 Å². The number of carbonyl (C=O) groups is 2. The lowest BCUT2D eigenvalue weighted by molar-refractivity contribution is -0.312. The van der Waals surface area contributed by atoms with E-state index < -0.39 is 47.6 Å². The van der Waals surface area contributed by atoms with Crippen LogP contribution < -0.4 is 0 Å². The quantitative estimate of drug-likeness (QED) is 0.488. The zero-order valence-corrected chi connectivity index (χ0v) is 11.3. The van der Waals surface area contributed by atoms with Crippen LogP contribution in [-0.2, 0) is 14.3 Å². The summed E-state index contributed by atoms with van der Waals surface area (Å²) in [5, 5.41) is 8.84. The van der Waals surface area contributed by atoms with Gasteiger partial charge in [0.15, 0.2) is 0 Å². The van der Waals surface area contributed by atoms with Crippen molar-refractivity contribution in [3.05, 3.63) is 12.2 Å². The molecule has 1 aliphatic carbocycles. The van der Waals surface area contributed by atoms with Gasteiger partial charge in [-0.1, -0.05) is 19.9 Å². The topological polar surface area (TPSA) is 63.6 Å². The summed E-state index contributed by atoms with van der Waals surface area (Å²) in [6.45, 7) is 3.08. The van der Waals surface area contributed by atoms with Crippen molar-refractivity contribution in [2.75, 3.05) is 0 Å². The number of carbonyl (C=O) groups excluding carboxylic acids is 1. The van der Waals surface area contributed by atoms with Gasteiger partial charge in [0.25, 0.3) is 6.10 Å². The highest BCUT2D eigenvalue weighted by molar-refractivity contribution is 5.83. The highest BCUT2D eigenvalue weighted by Gasteiger charge is 2.61. The molecule has 0 radical (unpaired) electrons. The molecule has 0 aromatic heterocycles. The molecule has 1 unspecified atom stereocenters. The molecule has 0 heterocycles. The third-order valence-corrected chi connectivity index (χ3v) is 3.44. The summed E-state index contributed by atoms with van der Waals surface area (Å²) < 4.78 is 76.5. The van der Waals surface area contributed by atoms with Crippen LogP contribution in [0.25, 0.3) is 0 Å². The SMILES string of the molecule is CC1(C)C(/C=C\C(=O)OC(C(F)(F)F)C(F)(F)F)[C@H]1C(=O)O. The van der Waals surface area contributed by atoms with Crippen LogP contribution in [0.1, 0.15) is 13.8 Å². The van der Waals surface area contributed by atoms with Gasteiger partial charge < -0.3 is 9.84 Å². The number of aliphatic carboxylic acids is 1. The fourth-order valence-electron chi connectivity index (χ4n) is 2.17. The van der Waals surface area contributed by atoms with Crippen LogP contribution in [0.15, 0.2) is 12.2 Å². The smallest absolute Gasteiger partial charge is 0.434 e. The van der Waals surface area contributed by atoms with Crippen LogP contribution in [0.3, 0.4) is 0 Å². The lowest BCUT2D eigenvalue weighted by Crippen LogP contribution is -2.45. The maximum Gasteiger partial charge on any atom is 0.434 e. The Morgan fingerprint density at radius 2 is 1.59 bits per heavy atom. The number of hydrogen-bond acceptors (Lipinski definition) is 3. The first-order valence-corrected chi connectivity index (χ1v) is 5.94. The molecule has 2 atom stereocenters. The summed E-state index contributed by atoms with van der Waals surface area (Å²) in [4.78, 5) is 21.9. The second-order valence-electron chi connectivity index (χ2n) is 5.42. The standard InChI is InChI=1S/C12H12F6O4/c1-10(2)5(7(10)8(20)21)3-4-6(19)22-9(11(13,14)15)12(16,17)18/h3-5,7,9H,1-2H3,(H,20,21)/b4-3-/t5?,7-/m0/s1. The highest BCUT2D eigenvalue weighted by atomic mass is 19.4. The van der Waals surface area contributed by atoms with E-state index >= 15 is 0 Å². The zero-order chi connectivity index (χ0) is 17.5. The van der Waals surface area contributed by atoms with Crippen molar-refractivity contribution in [2.24, 2.45) is 17.3 Å². The summed E-state index contributed by atoms with van der Waals surface area (Å²) in [6.07, 6.45) is -14.5. The number of ether oxygens (including phenoxy) is 1. The normalized spacial score (nSPS) is 24.6. The predicted molar refractivity (Wildman–Crippen MR) is 59.5 cm³/mol. The monoisotopic (exact) mass is 334 g/mol. The van der Waals surface area contributed by atoms with Gasteiger partial charge >= 0.3 is 24.3 Å². The van der Waals surface area contributed by atoms with Crippen molar-refractivity contribution in [2.45, 2.75) is 32.3 Å². The van der Waals surface area contributed by atoms with E-state index in [-0.39, 0.29) is 0 Å². The van der Waals surface area contributed by atoms with Gasteiger partial charge in [-0.15, -0.1) is 0 Å². The fourth-order valence-corrected chi connectivity index (χ4v) is 2.17. The van der Waals surface area contributed by atoms with Crippen LogP contribution in [0, 0.1) is 17.3 Å². The molecular formula is C12H12F6O4. The number of carboxylic acids is 1. The van der Waals surface area contributed by atoms with Gasteiger partial charge in [-0.05, 0) is 11.3 Å². The Hall–Kier alpha value is -1.74. The summed E-state index contributed by atoms with van der Waals surface area (Å²) in [5.41, 5.74) is -0.740. The van der Waals surface area contributed by atoms with Crippen LogP contribution >= 0.6 is 0 Å². The van der Waals surface area contributed by atoms with Gasteiger partial charge in [-0.25, -0.2) is 4.79 Å². The van der Waals surface area contributed by atoms with Crippen molar-refractivity contribution in [3.8, 4) is 0 Å². The van der Waals surface area contributed by atoms with Crippen molar-refractivity contribution >= 4 is 11.9 Å². The fraction of sp³-hybridized carbons (Fsp3) is 0.667. The Kier molecular flexibility index (Phi) is 4.55. The highest BCUT2D eigenvalue weighted by Crippen LogP contribution is 2.59. The third kappa shape index (κ3) is 3.92. The first-order chi connectivity index (χ1) is 9.69. The summed E-state index contributed by atoms with van der Waals surface area (Å²) in [7, 11) is 0. The minimum absolute atomic E-state index is 0.389. The molecule has 4 nitrogen and oxygen atoms in total. The number of rotatable bonds is 4. The van der Waals surface area contributed by atoms with Crippen LogP contribution in [0.5, 0.6) is 0 Å². The minimum atomic E-state index is -5.79. The molecular weight excluding hydrogens is 322 g/mol. The van der Waals surface area contributed by atoms with E-state index in [1.807, 2.05) is 0 Å². The molecule has 0 aromatic carbocycles. The molecule has 126 valence electrons. The van der Waals surface area contributed by atoms with E-state index in [9.17, 15) is 35.9 Å². The molecule has 10 heteroatoms. The molecule has 1 aliphatic rings. The minimum Gasteiger partial charge on any atom is -0.481 e. The van der Waals surface area contributed by atoms with Crippen LogP contribution in [-0.4, -0.2) is 35.5 Å². The van der Waals surface area contributed by atoms with Crippen LogP contribution in [0.2, 0.25) is 0 Å². The third-order valence-electron chi connectivity index (χ3n) is 3.44. The lowest BCUT2D eigenvalue weighted by atomic mass is 10.1. The average molecular weight is 334 g/mol. The molecule has 22 heavy (non-hydrogen) atoms. The van der Waals surface area contributed by atoms with E-state index in [0.29, 0.717) is 6.08 Å². The van der Waals surface area contributed by atoms with Gasteiger partial charge in [0, 0.05) is 6.08 Å². The maximum absolute atomic E-state index is 12.2. The van der Waals surface area contributed by atoms with Crippen molar-refractivity contribution in [1.82, 2.24) is 0 Å². The second-order valence-corrected chi connectivity index (χ2v) is 5.42. The number of hydrogen-bond donors (Lipinski definition) is 1. The van der Waals surface area contributed by atoms with Gasteiger partial charge in [-0.3, -0.25) is 4.79 Å². The largest absolute Gasteiger partial charge is 0.481 e. The zero-order valence-electron chi connectivity index (χ0n) is 11.3. The Balaban J connectivity index is 2.74. The van der Waals surface area contributed by atoms with Crippen molar-refractivity contribution < 1.29 is 45.8 Å². The Morgan fingerprint density at radius 3 is 1.91 bits per heavy atom. The molecule has 0 aromatic rings. The van der Waals surface area contributed by atoms with Gasteiger partial charge in [-0.2, -0.15) is 26.3 Å². The number of alkyl halides is 6. The summed E-state index contributed by atoms with van der Waals surface area (Å²) >= 11 is 0. The lowest BCUT2D eigenvalue weighted by Gasteiger charge is -2.22. The number of allylic oxidation sites excluding steroid dienone is 1. The molecule has 1 N–H and O–H groups in total. The molecule has 0 saturated heterocycles. The molecule has 0 spiro atoms.